The predicted octanol–water partition coefficient (Wildman–Crippen LogP) is 1.89. The molecule has 110 valence electrons. The van der Waals surface area contributed by atoms with E-state index in [2.05, 4.69) is 21.7 Å². The van der Waals surface area contributed by atoms with Crippen LogP contribution in [0.1, 0.15) is 38.5 Å². The molecule has 0 aromatic rings. The Hall–Kier alpha value is -0.120. The van der Waals surface area contributed by atoms with Crippen LogP contribution >= 0.6 is 0 Å². The van der Waals surface area contributed by atoms with Crippen molar-refractivity contribution in [3.05, 3.63) is 0 Å². The van der Waals surface area contributed by atoms with E-state index in [4.69, 9.17) is 0 Å². The van der Waals surface area contributed by atoms with Crippen LogP contribution < -0.4 is 0 Å². The van der Waals surface area contributed by atoms with Gasteiger partial charge >= 0.3 is 0 Å². The van der Waals surface area contributed by atoms with Crippen molar-refractivity contribution in [2.45, 2.75) is 44.6 Å². The summed E-state index contributed by atoms with van der Waals surface area (Å²) in [5.74, 6) is 1.03. The molecule has 3 aliphatic rings. The van der Waals surface area contributed by atoms with Gasteiger partial charge in [-0.3, -0.25) is 4.90 Å². The van der Waals surface area contributed by atoms with Gasteiger partial charge in [0.05, 0.1) is 0 Å². The number of nitrogens with zero attached hydrogens (tertiary/aromatic N) is 3. The first-order valence-electron chi connectivity index (χ1n) is 8.46. The van der Waals surface area contributed by atoms with Crippen molar-refractivity contribution in [3.8, 4) is 0 Å². The van der Waals surface area contributed by atoms with Gasteiger partial charge in [0.15, 0.2) is 0 Å². The predicted molar refractivity (Wildman–Crippen MR) is 80.5 cm³/mol. The van der Waals surface area contributed by atoms with Crippen molar-refractivity contribution in [1.82, 2.24) is 14.7 Å². The molecule has 1 saturated carbocycles. The molecule has 0 unspecified atom stereocenters. The van der Waals surface area contributed by atoms with Crippen LogP contribution in [0, 0.1) is 5.92 Å². The Balaban J connectivity index is 1.51. The molecule has 19 heavy (non-hydrogen) atoms. The van der Waals surface area contributed by atoms with E-state index in [1.54, 1.807) is 0 Å². The average molecular weight is 265 g/mol. The van der Waals surface area contributed by atoms with Crippen LogP contribution in [0.2, 0.25) is 0 Å². The van der Waals surface area contributed by atoms with Crippen LogP contribution in [0.3, 0.4) is 0 Å². The quantitative estimate of drug-likeness (QED) is 0.771. The maximum atomic E-state index is 2.79. The molecule has 3 rings (SSSR count). The highest BCUT2D eigenvalue weighted by molar-refractivity contribution is 4.84. The lowest BCUT2D eigenvalue weighted by Crippen LogP contribution is -2.52. The number of likely N-dealkylation sites (N-methyl/N-ethyl adjacent to an activating group) is 1. The molecule has 3 nitrogen and oxygen atoms in total. The highest BCUT2D eigenvalue weighted by Gasteiger charge is 2.28. The van der Waals surface area contributed by atoms with Crippen molar-refractivity contribution in [2.75, 3.05) is 52.9 Å². The molecule has 0 amide bonds. The molecule has 1 atom stereocenters. The Kier molecular flexibility index (Phi) is 4.78. The summed E-state index contributed by atoms with van der Waals surface area (Å²) in [6.07, 6.45) is 8.78. The summed E-state index contributed by atoms with van der Waals surface area (Å²) in [5, 5.41) is 0. The topological polar surface area (TPSA) is 9.72 Å². The molecule has 2 aliphatic heterocycles. The summed E-state index contributed by atoms with van der Waals surface area (Å²) in [6.45, 7) is 9.21. The van der Waals surface area contributed by atoms with Gasteiger partial charge in [-0.15, -0.1) is 0 Å². The van der Waals surface area contributed by atoms with E-state index in [0.29, 0.717) is 0 Å². The van der Waals surface area contributed by atoms with Crippen LogP contribution in [0.5, 0.6) is 0 Å². The van der Waals surface area contributed by atoms with Crippen LogP contribution in [0.4, 0.5) is 0 Å². The van der Waals surface area contributed by atoms with Gasteiger partial charge in [-0.25, -0.2) is 0 Å². The van der Waals surface area contributed by atoms with Crippen molar-refractivity contribution < 1.29 is 0 Å². The van der Waals surface area contributed by atoms with Gasteiger partial charge in [0.25, 0.3) is 0 Å². The lowest BCUT2D eigenvalue weighted by atomic mass is 9.85. The van der Waals surface area contributed by atoms with E-state index in [9.17, 15) is 0 Å². The molecule has 0 aromatic carbocycles. The second-order valence-corrected chi connectivity index (χ2v) is 7.05. The van der Waals surface area contributed by atoms with Gasteiger partial charge in [-0.05, 0) is 45.2 Å². The van der Waals surface area contributed by atoms with E-state index in [1.807, 2.05) is 0 Å². The van der Waals surface area contributed by atoms with E-state index in [1.165, 1.54) is 84.3 Å². The van der Waals surface area contributed by atoms with E-state index >= 15 is 0 Å². The van der Waals surface area contributed by atoms with Gasteiger partial charge < -0.3 is 9.80 Å². The smallest absolute Gasteiger partial charge is 0.0224 e. The van der Waals surface area contributed by atoms with E-state index in [-0.39, 0.29) is 0 Å². The van der Waals surface area contributed by atoms with Gasteiger partial charge in [0.1, 0.15) is 0 Å². The Morgan fingerprint density at radius 1 is 0.842 bits per heavy atom. The molecule has 0 aromatic heterocycles. The SMILES string of the molecule is CN1CCN([C@@H]2CCCCN(CC3CCC3)C2)CC1. The molecule has 0 spiro atoms. The number of rotatable bonds is 3. The Morgan fingerprint density at radius 2 is 1.63 bits per heavy atom. The third-order valence-corrected chi connectivity index (χ3v) is 5.53. The highest BCUT2D eigenvalue weighted by atomic mass is 15.3. The molecule has 0 N–H and O–H groups in total. The van der Waals surface area contributed by atoms with Crippen molar-refractivity contribution >= 4 is 0 Å². The highest BCUT2D eigenvalue weighted by Crippen LogP contribution is 2.28. The zero-order valence-electron chi connectivity index (χ0n) is 12.7. The van der Waals surface area contributed by atoms with Crippen LogP contribution in [-0.4, -0.2) is 73.6 Å². The molecular weight excluding hydrogens is 234 g/mol. The number of likely N-dealkylation sites (tertiary alicyclic amines) is 1. The number of hydrogen-bond donors (Lipinski definition) is 0. The summed E-state index contributed by atoms with van der Waals surface area (Å²) in [7, 11) is 2.26. The fourth-order valence-electron chi connectivity index (χ4n) is 3.89. The van der Waals surface area contributed by atoms with Crippen LogP contribution in [-0.2, 0) is 0 Å². The largest absolute Gasteiger partial charge is 0.304 e. The van der Waals surface area contributed by atoms with Crippen molar-refractivity contribution in [2.24, 2.45) is 5.92 Å². The van der Waals surface area contributed by atoms with Crippen LogP contribution in [0.15, 0.2) is 0 Å². The molecule has 0 bridgehead atoms. The zero-order chi connectivity index (χ0) is 13.1. The molecule has 3 fully saturated rings. The minimum absolute atomic E-state index is 0.844. The zero-order valence-corrected chi connectivity index (χ0v) is 12.7. The third-order valence-electron chi connectivity index (χ3n) is 5.53. The first kappa shape index (κ1) is 13.8. The van der Waals surface area contributed by atoms with E-state index < -0.39 is 0 Å². The standard InChI is InChI=1S/C16H31N3/c1-17-9-11-19(12-10-17)16-7-2-3-8-18(14-16)13-15-5-4-6-15/h15-16H,2-14H2,1H3/t16-/m1/s1. The van der Waals surface area contributed by atoms with Crippen LogP contribution in [0.25, 0.3) is 0 Å². The summed E-state index contributed by atoms with van der Waals surface area (Å²) >= 11 is 0. The van der Waals surface area contributed by atoms with Gasteiger partial charge in [-0.2, -0.15) is 0 Å². The average Bonchev–Trinajstić information content (AvgIpc) is 2.60. The molecule has 3 heteroatoms. The van der Waals surface area contributed by atoms with Crippen molar-refractivity contribution in [1.29, 1.82) is 0 Å². The first-order valence-corrected chi connectivity index (χ1v) is 8.46. The third kappa shape index (κ3) is 3.71. The second-order valence-electron chi connectivity index (χ2n) is 7.05. The normalized spacial score (nSPS) is 33.0. The monoisotopic (exact) mass is 265 g/mol. The van der Waals surface area contributed by atoms with E-state index in [0.717, 1.165) is 12.0 Å². The molecule has 0 radical (unpaired) electrons. The van der Waals surface area contributed by atoms with Gasteiger partial charge in [0, 0.05) is 45.3 Å². The lowest BCUT2D eigenvalue weighted by Gasteiger charge is -2.40. The molecule has 2 saturated heterocycles. The minimum Gasteiger partial charge on any atom is -0.304 e. The summed E-state index contributed by atoms with van der Waals surface area (Å²) in [4.78, 5) is 8.04. The number of hydrogen-bond acceptors (Lipinski definition) is 3. The fourth-order valence-corrected chi connectivity index (χ4v) is 3.89. The summed E-state index contributed by atoms with van der Waals surface area (Å²) in [6, 6.07) is 0.844. The Bertz CT molecular complexity index is 269. The first-order chi connectivity index (χ1) is 9.31. The molecule has 2 heterocycles. The number of piperazine rings is 1. The lowest BCUT2D eigenvalue weighted by molar-refractivity contribution is 0.0802. The Labute approximate surface area is 118 Å². The minimum atomic E-state index is 0.844. The summed E-state index contributed by atoms with van der Waals surface area (Å²) in [5.41, 5.74) is 0. The van der Waals surface area contributed by atoms with Gasteiger partial charge in [0.2, 0.25) is 0 Å². The maximum Gasteiger partial charge on any atom is 0.0224 e. The molecular formula is C16H31N3. The Morgan fingerprint density at radius 3 is 2.32 bits per heavy atom. The van der Waals surface area contributed by atoms with Gasteiger partial charge in [-0.1, -0.05) is 12.8 Å². The van der Waals surface area contributed by atoms with Crippen molar-refractivity contribution in [3.63, 3.8) is 0 Å². The molecule has 1 aliphatic carbocycles. The fraction of sp³-hybridized carbons (Fsp3) is 1.00. The second kappa shape index (κ2) is 6.55. The summed E-state index contributed by atoms with van der Waals surface area (Å²) < 4.78 is 0. The maximum absolute atomic E-state index is 2.79.